The number of nitrogens with one attached hydrogen (secondary N) is 1. The Morgan fingerprint density at radius 3 is 2.40 bits per heavy atom. The number of carboxylic acids is 1. The minimum atomic E-state index is -1.35. The highest BCUT2D eigenvalue weighted by Gasteiger charge is 2.05. The number of hydrogen-bond acceptors (Lipinski definition) is 3. The number of allylic oxidation sites excluding steroid dienone is 1. The lowest BCUT2D eigenvalue weighted by Crippen LogP contribution is -2.09. The smallest absolute Gasteiger partial charge is 0.353 e. The van der Waals surface area contributed by atoms with Gasteiger partial charge >= 0.3 is 5.97 Å². The molecule has 0 heterocycles. The summed E-state index contributed by atoms with van der Waals surface area (Å²) < 4.78 is 0. The third-order valence-corrected chi connectivity index (χ3v) is 1.77. The highest BCUT2D eigenvalue weighted by atomic mass is 16.4. The lowest BCUT2D eigenvalue weighted by molar-refractivity contribution is -0.129. The molecule has 0 fully saturated rings. The summed E-state index contributed by atoms with van der Waals surface area (Å²) in [7, 11) is 0. The summed E-state index contributed by atoms with van der Waals surface area (Å²) in [6.45, 7) is 0. The molecule has 0 unspecified atom stereocenters. The highest BCUT2D eigenvalue weighted by Crippen LogP contribution is 2.05. The Bertz CT molecular complexity index is 396. The third-order valence-electron chi connectivity index (χ3n) is 1.77. The number of aliphatic hydroxyl groups excluding tert-OH is 1. The first-order chi connectivity index (χ1) is 7.09. The van der Waals surface area contributed by atoms with E-state index in [1.807, 2.05) is 30.3 Å². The Morgan fingerprint density at radius 1 is 1.27 bits per heavy atom. The van der Waals surface area contributed by atoms with E-state index in [4.69, 9.17) is 10.5 Å². The second kappa shape index (κ2) is 4.95. The standard InChI is InChI=1S/C11H11NO3/c12-10(11(14)15)7-9(13)6-8-4-2-1-3-5-8/h1-5,7,12-13H,6H2,(H,14,15)/b9-7-,12-10?. The van der Waals surface area contributed by atoms with Crippen molar-refractivity contribution in [3.8, 4) is 0 Å². The zero-order valence-corrected chi connectivity index (χ0v) is 7.97. The molecule has 0 amide bonds. The predicted molar refractivity (Wildman–Crippen MR) is 56.2 cm³/mol. The second-order valence-electron chi connectivity index (χ2n) is 3.02. The number of rotatable bonds is 4. The summed E-state index contributed by atoms with van der Waals surface area (Å²) in [5.74, 6) is -1.48. The van der Waals surface area contributed by atoms with Crippen LogP contribution in [-0.2, 0) is 11.2 Å². The van der Waals surface area contributed by atoms with Crippen molar-refractivity contribution in [2.24, 2.45) is 0 Å². The average Bonchev–Trinajstić information content (AvgIpc) is 2.18. The van der Waals surface area contributed by atoms with Gasteiger partial charge in [-0.2, -0.15) is 0 Å². The maximum Gasteiger partial charge on any atom is 0.353 e. The maximum atomic E-state index is 10.3. The SMILES string of the molecule is N=C(/C=C(\O)Cc1ccccc1)C(=O)O. The number of benzene rings is 1. The van der Waals surface area contributed by atoms with Gasteiger partial charge in [0.15, 0.2) is 0 Å². The molecule has 0 bridgehead atoms. The van der Waals surface area contributed by atoms with Crippen molar-refractivity contribution in [3.63, 3.8) is 0 Å². The van der Waals surface area contributed by atoms with Crippen LogP contribution >= 0.6 is 0 Å². The summed E-state index contributed by atoms with van der Waals surface area (Å²) in [5.41, 5.74) is 0.243. The number of carbonyl (C=O) groups is 1. The Kier molecular flexibility index (Phi) is 3.62. The topological polar surface area (TPSA) is 81.4 Å². The van der Waals surface area contributed by atoms with Crippen LogP contribution in [-0.4, -0.2) is 21.9 Å². The Hall–Kier alpha value is -2.10. The summed E-state index contributed by atoms with van der Waals surface area (Å²) >= 11 is 0. The molecule has 4 heteroatoms. The number of aliphatic hydroxyl groups is 1. The monoisotopic (exact) mass is 205 g/mol. The minimum absolute atomic E-state index is 0.131. The summed E-state index contributed by atoms with van der Waals surface area (Å²) in [6.07, 6.45) is 1.17. The van der Waals surface area contributed by atoms with Crippen LogP contribution in [0.3, 0.4) is 0 Å². The first kappa shape index (κ1) is 11.0. The van der Waals surface area contributed by atoms with Crippen molar-refractivity contribution in [3.05, 3.63) is 47.7 Å². The molecule has 0 aliphatic rings. The van der Waals surface area contributed by atoms with Gasteiger partial charge in [0, 0.05) is 12.5 Å². The van der Waals surface area contributed by atoms with Crippen LogP contribution in [0.4, 0.5) is 0 Å². The summed E-state index contributed by atoms with van der Waals surface area (Å²) in [5, 5.41) is 24.8. The molecule has 15 heavy (non-hydrogen) atoms. The molecule has 3 N–H and O–H groups in total. The van der Waals surface area contributed by atoms with Crippen LogP contribution < -0.4 is 0 Å². The second-order valence-corrected chi connectivity index (χ2v) is 3.02. The number of hydrogen-bond donors (Lipinski definition) is 3. The van der Waals surface area contributed by atoms with E-state index in [-0.39, 0.29) is 12.2 Å². The number of aliphatic carboxylic acids is 1. The highest BCUT2D eigenvalue weighted by molar-refractivity contribution is 6.39. The van der Waals surface area contributed by atoms with E-state index in [0.29, 0.717) is 0 Å². The van der Waals surface area contributed by atoms with Crippen molar-refractivity contribution in [1.82, 2.24) is 0 Å². The Balaban J connectivity index is 2.67. The Morgan fingerprint density at radius 2 is 1.87 bits per heavy atom. The van der Waals surface area contributed by atoms with E-state index in [1.165, 1.54) is 0 Å². The van der Waals surface area contributed by atoms with Crippen molar-refractivity contribution in [2.75, 3.05) is 0 Å². The fourth-order valence-electron chi connectivity index (χ4n) is 1.08. The molecule has 4 nitrogen and oxygen atoms in total. The molecule has 0 spiro atoms. The van der Waals surface area contributed by atoms with Gasteiger partial charge in [0.25, 0.3) is 0 Å². The van der Waals surface area contributed by atoms with Gasteiger partial charge < -0.3 is 10.2 Å². The van der Waals surface area contributed by atoms with Gasteiger partial charge in [-0.15, -0.1) is 0 Å². The minimum Gasteiger partial charge on any atom is -0.512 e. The fourth-order valence-corrected chi connectivity index (χ4v) is 1.08. The Labute approximate surface area is 87.0 Å². The van der Waals surface area contributed by atoms with E-state index in [9.17, 15) is 9.90 Å². The van der Waals surface area contributed by atoms with Gasteiger partial charge in [-0.25, -0.2) is 4.79 Å². The van der Waals surface area contributed by atoms with E-state index in [1.54, 1.807) is 0 Å². The molecule has 1 aromatic rings. The molecule has 78 valence electrons. The van der Waals surface area contributed by atoms with Gasteiger partial charge in [-0.1, -0.05) is 30.3 Å². The number of carboxylic acid groups (broad SMARTS) is 1. The molecule has 0 atom stereocenters. The molecule has 0 radical (unpaired) electrons. The third kappa shape index (κ3) is 3.64. The fraction of sp³-hybridized carbons (Fsp3) is 0.0909. The van der Waals surface area contributed by atoms with Crippen LogP contribution in [0.25, 0.3) is 0 Å². The molecule has 1 aromatic carbocycles. The molecule has 0 aromatic heterocycles. The zero-order valence-electron chi connectivity index (χ0n) is 7.97. The zero-order chi connectivity index (χ0) is 11.3. The first-order valence-electron chi connectivity index (χ1n) is 4.35. The van der Waals surface area contributed by atoms with Crippen molar-refractivity contribution < 1.29 is 15.0 Å². The van der Waals surface area contributed by atoms with Crippen molar-refractivity contribution in [2.45, 2.75) is 6.42 Å². The molecule has 1 rings (SSSR count). The summed E-state index contributed by atoms with van der Waals surface area (Å²) in [6, 6.07) is 9.13. The van der Waals surface area contributed by atoms with Crippen molar-refractivity contribution in [1.29, 1.82) is 5.41 Å². The largest absolute Gasteiger partial charge is 0.512 e. The van der Waals surface area contributed by atoms with E-state index in [2.05, 4.69) is 0 Å². The van der Waals surface area contributed by atoms with Crippen LogP contribution in [0.15, 0.2) is 42.2 Å². The van der Waals surface area contributed by atoms with Crippen LogP contribution in [0.2, 0.25) is 0 Å². The molecule has 0 aliphatic carbocycles. The molecule has 0 saturated heterocycles. The van der Waals surface area contributed by atoms with Gasteiger partial charge in [0.1, 0.15) is 5.71 Å². The van der Waals surface area contributed by atoms with Gasteiger partial charge in [0.05, 0.1) is 5.76 Å². The lowest BCUT2D eigenvalue weighted by Gasteiger charge is -1.99. The quantitative estimate of drug-likeness (QED) is 0.517. The van der Waals surface area contributed by atoms with Gasteiger partial charge in [0.2, 0.25) is 0 Å². The summed E-state index contributed by atoms with van der Waals surface area (Å²) in [4.78, 5) is 10.3. The molecule has 0 aliphatic heterocycles. The van der Waals surface area contributed by atoms with Crippen LogP contribution in [0.5, 0.6) is 0 Å². The first-order valence-corrected chi connectivity index (χ1v) is 4.35. The maximum absolute atomic E-state index is 10.3. The average molecular weight is 205 g/mol. The normalized spacial score (nSPS) is 11.1. The van der Waals surface area contributed by atoms with Crippen LogP contribution in [0, 0.1) is 5.41 Å². The van der Waals surface area contributed by atoms with E-state index < -0.39 is 11.7 Å². The molecular weight excluding hydrogens is 194 g/mol. The van der Waals surface area contributed by atoms with Crippen LogP contribution in [0.1, 0.15) is 5.56 Å². The molecular formula is C11H11NO3. The van der Waals surface area contributed by atoms with E-state index >= 15 is 0 Å². The van der Waals surface area contributed by atoms with Gasteiger partial charge in [-0.05, 0) is 5.56 Å². The van der Waals surface area contributed by atoms with Gasteiger partial charge in [-0.3, -0.25) is 5.41 Å². The van der Waals surface area contributed by atoms with E-state index in [0.717, 1.165) is 11.6 Å². The lowest BCUT2D eigenvalue weighted by atomic mass is 10.1. The van der Waals surface area contributed by atoms with Crippen molar-refractivity contribution >= 4 is 11.7 Å². The predicted octanol–water partition coefficient (Wildman–Crippen LogP) is 1.78. The molecule has 0 saturated carbocycles.